The molecule has 4 nitrogen and oxygen atoms in total. The lowest BCUT2D eigenvalue weighted by Gasteiger charge is -2.15. The minimum atomic E-state index is -0.254. The second-order valence-electron chi connectivity index (χ2n) is 6.68. The molecule has 0 aliphatic heterocycles. The van der Waals surface area contributed by atoms with Crippen LogP contribution < -0.4 is 10.6 Å². The molecule has 0 spiro atoms. The van der Waals surface area contributed by atoms with Gasteiger partial charge in [0.25, 0.3) is 0 Å². The molecule has 1 unspecified atom stereocenters. The van der Waals surface area contributed by atoms with E-state index in [9.17, 15) is 9.59 Å². The number of unbranched alkanes of at least 4 members (excludes halogenated alkanes) is 1. The van der Waals surface area contributed by atoms with Crippen molar-refractivity contribution in [1.82, 2.24) is 0 Å². The number of aryl methyl sites for hydroxylation is 1. The van der Waals surface area contributed by atoms with Gasteiger partial charge in [0.15, 0.2) is 0 Å². The maximum atomic E-state index is 12.6. The van der Waals surface area contributed by atoms with Gasteiger partial charge in [-0.2, -0.15) is 0 Å². The number of amides is 2. The van der Waals surface area contributed by atoms with E-state index in [1.165, 1.54) is 11.8 Å². The summed E-state index contributed by atoms with van der Waals surface area (Å²) in [4.78, 5) is 25.4. The Labute approximate surface area is 166 Å². The predicted octanol–water partition coefficient (Wildman–Crippen LogP) is 5.55. The molecule has 0 saturated carbocycles. The molecule has 5 heteroatoms. The molecule has 0 fully saturated rings. The topological polar surface area (TPSA) is 58.2 Å². The molecule has 2 rings (SSSR count). The number of nitrogens with one attached hydrogen (secondary N) is 2. The maximum absolute atomic E-state index is 12.6. The zero-order chi connectivity index (χ0) is 19.8. The van der Waals surface area contributed by atoms with Crippen LogP contribution in [0.5, 0.6) is 0 Å². The highest BCUT2D eigenvalue weighted by Gasteiger charge is 2.16. The highest BCUT2D eigenvalue weighted by molar-refractivity contribution is 8.00. The third-order valence-electron chi connectivity index (χ3n) is 4.42. The van der Waals surface area contributed by atoms with Gasteiger partial charge in [-0.05, 0) is 62.6 Å². The van der Waals surface area contributed by atoms with Crippen molar-refractivity contribution in [2.45, 2.75) is 57.1 Å². The number of rotatable bonds is 8. The maximum Gasteiger partial charge on any atom is 0.237 e. The van der Waals surface area contributed by atoms with Crippen molar-refractivity contribution in [3.8, 4) is 0 Å². The zero-order valence-corrected chi connectivity index (χ0v) is 17.3. The van der Waals surface area contributed by atoms with Crippen molar-refractivity contribution in [2.24, 2.45) is 0 Å². The summed E-state index contributed by atoms with van der Waals surface area (Å²) in [5.41, 5.74) is 3.85. The van der Waals surface area contributed by atoms with E-state index in [1.807, 2.05) is 63.2 Å². The van der Waals surface area contributed by atoms with E-state index >= 15 is 0 Å². The van der Waals surface area contributed by atoms with Crippen LogP contribution in [0.1, 0.15) is 44.2 Å². The van der Waals surface area contributed by atoms with E-state index in [0.29, 0.717) is 6.42 Å². The van der Waals surface area contributed by atoms with Crippen molar-refractivity contribution in [3.05, 3.63) is 53.6 Å². The highest BCUT2D eigenvalue weighted by Crippen LogP contribution is 2.27. The van der Waals surface area contributed by atoms with E-state index in [4.69, 9.17) is 0 Å². The first-order chi connectivity index (χ1) is 12.9. The molecule has 27 heavy (non-hydrogen) atoms. The zero-order valence-electron chi connectivity index (χ0n) is 16.5. The number of hydrogen-bond donors (Lipinski definition) is 2. The minimum Gasteiger partial charge on any atom is -0.326 e. The van der Waals surface area contributed by atoms with Crippen LogP contribution in [0.4, 0.5) is 11.4 Å². The lowest BCUT2D eigenvalue weighted by Crippen LogP contribution is -2.23. The largest absolute Gasteiger partial charge is 0.326 e. The van der Waals surface area contributed by atoms with Gasteiger partial charge in [-0.15, -0.1) is 11.8 Å². The first-order valence-electron chi connectivity index (χ1n) is 9.34. The Balaban J connectivity index is 1.97. The van der Waals surface area contributed by atoms with Gasteiger partial charge in [-0.25, -0.2) is 0 Å². The molecule has 2 N–H and O–H groups in total. The Bertz CT molecular complexity index is 805. The predicted molar refractivity (Wildman–Crippen MR) is 114 cm³/mol. The monoisotopic (exact) mass is 384 g/mol. The van der Waals surface area contributed by atoms with E-state index < -0.39 is 0 Å². The molecular weight excluding hydrogens is 356 g/mol. The molecule has 2 aromatic carbocycles. The number of benzene rings is 2. The second kappa shape index (κ2) is 10.2. The van der Waals surface area contributed by atoms with Crippen LogP contribution in [0.15, 0.2) is 47.4 Å². The number of hydrogen-bond acceptors (Lipinski definition) is 3. The number of thioether (sulfide) groups is 1. The summed E-state index contributed by atoms with van der Waals surface area (Å²) >= 11 is 1.48. The molecule has 0 aliphatic rings. The average Bonchev–Trinajstić information content (AvgIpc) is 2.64. The molecule has 2 aromatic rings. The minimum absolute atomic E-state index is 0.0275. The molecule has 0 saturated heterocycles. The van der Waals surface area contributed by atoms with Gasteiger partial charge in [0.2, 0.25) is 11.8 Å². The van der Waals surface area contributed by atoms with Crippen molar-refractivity contribution < 1.29 is 9.59 Å². The molecule has 2 amide bonds. The fourth-order valence-electron chi connectivity index (χ4n) is 2.59. The quantitative estimate of drug-likeness (QED) is 0.587. The Morgan fingerprint density at radius 2 is 1.81 bits per heavy atom. The van der Waals surface area contributed by atoms with E-state index in [2.05, 4.69) is 17.6 Å². The summed E-state index contributed by atoms with van der Waals surface area (Å²) < 4.78 is 0. The third-order valence-corrected chi connectivity index (χ3v) is 5.51. The van der Waals surface area contributed by atoms with Crippen LogP contribution in [-0.4, -0.2) is 17.1 Å². The Morgan fingerprint density at radius 1 is 1.07 bits per heavy atom. The van der Waals surface area contributed by atoms with Crippen molar-refractivity contribution >= 4 is 35.0 Å². The molecule has 0 aromatic heterocycles. The van der Waals surface area contributed by atoms with Crippen molar-refractivity contribution in [2.75, 3.05) is 10.6 Å². The molecule has 0 radical (unpaired) electrons. The van der Waals surface area contributed by atoms with E-state index in [0.717, 1.165) is 40.2 Å². The van der Waals surface area contributed by atoms with Crippen LogP contribution in [-0.2, 0) is 9.59 Å². The molecule has 0 bridgehead atoms. The standard InChI is InChI=1S/C22H28N2O2S/c1-5-6-13-21(25)23-18-10-8-11-19(14-18)27-17(4)22(26)24-20-12-7-9-15(2)16(20)3/h7-12,14,17H,5-6,13H2,1-4H3,(H,23,25)(H,24,26). The fourth-order valence-corrected chi connectivity index (χ4v) is 3.51. The Morgan fingerprint density at radius 3 is 2.56 bits per heavy atom. The lowest BCUT2D eigenvalue weighted by molar-refractivity contribution is -0.116. The molecule has 0 aliphatic carbocycles. The SMILES string of the molecule is CCCCC(=O)Nc1cccc(SC(C)C(=O)Nc2cccc(C)c2C)c1. The van der Waals surface area contributed by atoms with E-state index in [-0.39, 0.29) is 17.1 Å². The number of anilines is 2. The van der Waals surface area contributed by atoms with Crippen LogP contribution in [0.2, 0.25) is 0 Å². The molecule has 1 atom stereocenters. The van der Waals surface area contributed by atoms with Gasteiger partial charge in [0, 0.05) is 22.7 Å². The summed E-state index contributed by atoms with van der Waals surface area (Å²) in [5.74, 6) is -0.00852. The van der Waals surface area contributed by atoms with Crippen LogP contribution >= 0.6 is 11.8 Å². The average molecular weight is 385 g/mol. The Kier molecular flexibility index (Phi) is 7.92. The summed E-state index contributed by atoms with van der Waals surface area (Å²) in [6.07, 6.45) is 2.41. The normalized spacial score (nSPS) is 11.7. The lowest BCUT2D eigenvalue weighted by atomic mass is 10.1. The van der Waals surface area contributed by atoms with Crippen LogP contribution in [0.25, 0.3) is 0 Å². The van der Waals surface area contributed by atoms with Crippen LogP contribution in [0, 0.1) is 13.8 Å². The summed E-state index contributed by atoms with van der Waals surface area (Å²) in [7, 11) is 0. The van der Waals surface area contributed by atoms with E-state index in [1.54, 1.807) is 0 Å². The Hall–Kier alpha value is -2.27. The fraction of sp³-hybridized carbons (Fsp3) is 0.364. The first-order valence-corrected chi connectivity index (χ1v) is 10.2. The number of carbonyl (C=O) groups is 2. The van der Waals surface area contributed by atoms with Crippen molar-refractivity contribution in [3.63, 3.8) is 0 Å². The summed E-state index contributed by atoms with van der Waals surface area (Å²) in [5, 5.41) is 5.68. The highest BCUT2D eigenvalue weighted by atomic mass is 32.2. The van der Waals surface area contributed by atoms with Gasteiger partial charge in [0.05, 0.1) is 5.25 Å². The van der Waals surface area contributed by atoms with Crippen molar-refractivity contribution in [1.29, 1.82) is 0 Å². The van der Waals surface area contributed by atoms with Gasteiger partial charge in [0.1, 0.15) is 0 Å². The van der Waals surface area contributed by atoms with Gasteiger partial charge < -0.3 is 10.6 Å². The second-order valence-corrected chi connectivity index (χ2v) is 8.09. The first kappa shape index (κ1) is 21.0. The molecule has 0 heterocycles. The van der Waals surface area contributed by atoms with Gasteiger partial charge in [-0.1, -0.05) is 31.5 Å². The van der Waals surface area contributed by atoms with Gasteiger partial charge in [-0.3, -0.25) is 9.59 Å². The smallest absolute Gasteiger partial charge is 0.237 e. The molecule has 144 valence electrons. The number of carbonyl (C=O) groups excluding carboxylic acids is 2. The van der Waals surface area contributed by atoms with Gasteiger partial charge >= 0.3 is 0 Å². The summed E-state index contributed by atoms with van der Waals surface area (Å²) in [6, 6.07) is 13.5. The molecular formula is C22H28N2O2S. The third kappa shape index (κ3) is 6.43. The van der Waals surface area contributed by atoms with Crippen LogP contribution in [0.3, 0.4) is 0 Å². The summed E-state index contributed by atoms with van der Waals surface area (Å²) in [6.45, 7) is 7.99.